The highest BCUT2D eigenvalue weighted by atomic mass is 35.5. The highest BCUT2D eigenvalue weighted by Gasteiger charge is 2.11. The van der Waals surface area contributed by atoms with Crippen molar-refractivity contribution in [2.75, 3.05) is 13.1 Å². The number of aromatic nitrogens is 1. The van der Waals surface area contributed by atoms with Gasteiger partial charge in [0, 0.05) is 25.5 Å². The number of amides is 2. The summed E-state index contributed by atoms with van der Waals surface area (Å²) in [5.74, 6) is -0.607. The minimum atomic E-state index is -1.01. The lowest BCUT2D eigenvalue weighted by Crippen LogP contribution is -2.38. The van der Waals surface area contributed by atoms with E-state index in [4.69, 9.17) is 11.6 Å². The molecule has 5 nitrogen and oxygen atoms in total. The van der Waals surface area contributed by atoms with E-state index in [0.29, 0.717) is 18.5 Å². The predicted molar refractivity (Wildman–Crippen MR) is 85.7 cm³/mol. The van der Waals surface area contributed by atoms with Gasteiger partial charge < -0.3 is 15.7 Å². The van der Waals surface area contributed by atoms with Crippen molar-refractivity contribution in [3.8, 4) is 0 Å². The van der Waals surface area contributed by atoms with E-state index in [1.54, 1.807) is 12.4 Å². The first-order chi connectivity index (χ1) is 11.1. The fourth-order valence-corrected chi connectivity index (χ4v) is 2.07. The van der Waals surface area contributed by atoms with Crippen LogP contribution in [0.5, 0.6) is 0 Å². The third kappa shape index (κ3) is 5.50. The van der Waals surface area contributed by atoms with Gasteiger partial charge in [0.05, 0.1) is 11.1 Å². The van der Waals surface area contributed by atoms with Gasteiger partial charge >= 0.3 is 6.03 Å². The number of nitrogens with zero attached hydrogens (tertiary/aromatic N) is 1. The van der Waals surface area contributed by atoms with E-state index < -0.39 is 18.0 Å². The third-order valence-corrected chi connectivity index (χ3v) is 3.51. The Morgan fingerprint density at radius 3 is 2.87 bits per heavy atom. The zero-order valence-electron chi connectivity index (χ0n) is 12.3. The number of hydrogen-bond acceptors (Lipinski definition) is 3. The molecule has 0 bridgehead atoms. The molecule has 0 fully saturated rings. The van der Waals surface area contributed by atoms with Crippen LogP contribution in [0.4, 0.5) is 9.18 Å². The van der Waals surface area contributed by atoms with Crippen LogP contribution in [0.3, 0.4) is 0 Å². The molecule has 0 aliphatic heterocycles. The molecule has 1 aromatic carbocycles. The molecule has 0 aliphatic rings. The van der Waals surface area contributed by atoms with Gasteiger partial charge in [0.1, 0.15) is 5.82 Å². The number of urea groups is 1. The zero-order valence-corrected chi connectivity index (χ0v) is 13.1. The molecule has 23 heavy (non-hydrogen) atoms. The zero-order chi connectivity index (χ0) is 16.7. The van der Waals surface area contributed by atoms with Crippen LogP contribution in [0.2, 0.25) is 5.02 Å². The summed E-state index contributed by atoms with van der Waals surface area (Å²) in [6.07, 6.45) is 3.07. The Balaban J connectivity index is 1.72. The summed E-state index contributed by atoms with van der Waals surface area (Å²) in [5.41, 5.74) is 1.37. The smallest absolute Gasteiger partial charge is 0.314 e. The van der Waals surface area contributed by atoms with Gasteiger partial charge in [-0.1, -0.05) is 23.7 Å². The van der Waals surface area contributed by atoms with Gasteiger partial charge in [-0.25, -0.2) is 9.18 Å². The number of rotatable bonds is 6. The molecule has 0 radical (unpaired) electrons. The standard InChI is InChI=1S/C16H17ClFN3O2/c17-13-4-3-12(8-14(13)18)15(22)10-21-16(23)20-7-5-11-2-1-6-19-9-11/h1-4,6,8-9,15,22H,5,7,10H2,(H2,20,21,23)/t15-/m0/s1. The van der Waals surface area contributed by atoms with Crippen molar-refractivity contribution in [3.63, 3.8) is 0 Å². The average Bonchev–Trinajstić information content (AvgIpc) is 2.56. The van der Waals surface area contributed by atoms with Crippen LogP contribution in [0, 0.1) is 5.82 Å². The molecule has 0 saturated carbocycles. The quantitative estimate of drug-likeness (QED) is 0.758. The fraction of sp³-hybridized carbons (Fsp3) is 0.250. The predicted octanol–water partition coefficient (Wildman–Crippen LogP) is 2.45. The first-order valence-corrected chi connectivity index (χ1v) is 7.47. The number of nitrogens with one attached hydrogen (secondary N) is 2. The van der Waals surface area contributed by atoms with E-state index in [2.05, 4.69) is 15.6 Å². The second kappa shape index (κ2) is 8.45. The topological polar surface area (TPSA) is 74.2 Å². The number of aliphatic hydroxyl groups excluding tert-OH is 1. The lowest BCUT2D eigenvalue weighted by atomic mass is 10.1. The molecule has 0 spiro atoms. The van der Waals surface area contributed by atoms with Crippen molar-refractivity contribution in [2.45, 2.75) is 12.5 Å². The number of carbonyl (C=O) groups excluding carboxylic acids is 1. The van der Waals surface area contributed by atoms with E-state index in [1.165, 1.54) is 12.1 Å². The third-order valence-electron chi connectivity index (χ3n) is 3.21. The maximum absolute atomic E-state index is 13.3. The Morgan fingerprint density at radius 1 is 1.35 bits per heavy atom. The van der Waals surface area contributed by atoms with E-state index in [1.807, 2.05) is 12.1 Å². The highest BCUT2D eigenvalue weighted by Crippen LogP contribution is 2.19. The van der Waals surface area contributed by atoms with Crippen LogP contribution < -0.4 is 10.6 Å². The molecule has 0 saturated heterocycles. The van der Waals surface area contributed by atoms with Crippen LogP contribution >= 0.6 is 11.6 Å². The van der Waals surface area contributed by atoms with E-state index in [9.17, 15) is 14.3 Å². The molecule has 2 rings (SSSR count). The number of carbonyl (C=O) groups is 1. The van der Waals surface area contributed by atoms with Gasteiger partial charge in [-0.3, -0.25) is 4.98 Å². The summed E-state index contributed by atoms with van der Waals surface area (Å²) in [4.78, 5) is 15.6. The Bertz CT molecular complexity index is 655. The number of aliphatic hydroxyl groups is 1. The van der Waals surface area contributed by atoms with Crippen molar-refractivity contribution >= 4 is 17.6 Å². The van der Waals surface area contributed by atoms with Crippen LogP contribution in [-0.2, 0) is 6.42 Å². The molecule has 0 aliphatic carbocycles. The Hall–Kier alpha value is -2.18. The minimum absolute atomic E-state index is 0.0120. The first kappa shape index (κ1) is 17.2. The average molecular weight is 338 g/mol. The summed E-state index contributed by atoms with van der Waals surface area (Å²) in [5, 5.41) is 15.1. The second-order valence-corrected chi connectivity index (χ2v) is 5.34. The van der Waals surface area contributed by atoms with E-state index in [-0.39, 0.29) is 11.6 Å². The molecular formula is C16H17ClFN3O2. The first-order valence-electron chi connectivity index (χ1n) is 7.10. The summed E-state index contributed by atoms with van der Waals surface area (Å²) >= 11 is 5.58. The molecule has 2 amide bonds. The van der Waals surface area contributed by atoms with Gasteiger partial charge in [-0.2, -0.15) is 0 Å². The van der Waals surface area contributed by atoms with Crippen molar-refractivity contribution in [1.29, 1.82) is 0 Å². The lowest BCUT2D eigenvalue weighted by molar-refractivity contribution is 0.173. The van der Waals surface area contributed by atoms with Crippen molar-refractivity contribution in [1.82, 2.24) is 15.6 Å². The molecule has 1 heterocycles. The van der Waals surface area contributed by atoms with Gasteiger partial charge in [0.2, 0.25) is 0 Å². The largest absolute Gasteiger partial charge is 0.387 e. The van der Waals surface area contributed by atoms with Crippen LogP contribution in [0.15, 0.2) is 42.7 Å². The maximum Gasteiger partial charge on any atom is 0.314 e. The van der Waals surface area contributed by atoms with Crippen molar-refractivity contribution < 1.29 is 14.3 Å². The summed E-state index contributed by atoms with van der Waals surface area (Å²) in [6.45, 7) is 0.420. The fourth-order valence-electron chi connectivity index (χ4n) is 1.96. The van der Waals surface area contributed by atoms with Gasteiger partial charge in [-0.15, -0.1) is 0 Å². The van der Waals surface area contributed by atoms with E-state index in [0.717, 1.165) is 11.6 Å². The molecule has 7 heteroatoms. The van der Waals surface area contributed by atoms with Crippen LogP contribution in [0.25, 0.3) is 0 Å². The van der Waals surface area contributed by atoms with Crippen LogP contribution in [0.1, 0.15) is 17.2 Å². The Kier molecular flexibility index (Phi) is 6.31. The summed E-state index contributed by atoms with van der Waals surface area (Å²) in [6, 6.07) is 7.38. The molecule has 122 valence electrons. The molecule has 3 N–H and O–H groups in total. The number of halogens is 2. The van der Waals surface area contributed by atoms with Gasteiger partial charge in [-0.05, 0) is 35.7 Å². The van der Waals surface area contributed by atoms with Crippen molar-refractivity contribution in [2.24, 2.45) is 0 Å². The van der Waals surface area contributed by atoms with Gasteiger partial charge in [0.15, 0.2) is 0 Å². The number of pyridine rings is 1. The highest BCUT2D eigenvalue weighted by molar-refractivity contribution is 6.30. The normalized spacial score (nSPS) is 11.8. The minimum Gasteiger partial charge on any atom is -0.387 e. The molecule has 1 atom stereocenters. The molecule has 1 aromatic heterocycles. The molecule has 2 aromatic rings. The molecular weight excluding hydrogens is 321 g/mol. The number of hydrogen-bond donors (Lipinski definition) is 3. The Labute approximate surface area is 138 Å². The lowest BCUT2D eigenvalue weighted by Gasteiger charge is -2.13. The summed E-state index contributed by atoms with van der Waals surface area (Å²) < 4.78 is 13.3. The van der Waals surface area contributed by atoms with E-state index >= 15 is 0 Å². The van der Waals surface area contributed by atoms with Crippen molar-refractivity contribution in [3.05, 3.63) is 64.7 Å². The summed E-state index contributed by atoms with van der Waals surface area (Å²) in [7, 11) is 0. The second-order valence-electron chi connectivity index (χ2n) is 4.94. The van der Waals surface area contributed by atoms with Crippen LogP contribution in [-0.4, -0.2) is 29.2 Å². The monoisotopic (exact) mass is 337 g/mol. The SMILES string of the molecule is O=C(NCCc1cccnc1)NC[C@H](O)c1ccc(Cl)c(F)c1. The molecule has 0 unspecified atom stereocenters. The van der Waals surface area contributed by atoms with Gasteiger partial charge in [0.25, 0.3) is 0 Å². The maximum atomic E-state index is 13.3. The Morgan fingerprint density at radius 2 is 2.17 bits per heavy atom. The number of benzene rings is 1.